The topological polar surface area (TPSA) is 81.4 Å². The Morgan fingerprint density at radius 3 is 2.76 bits per heavy atom. The van der Waals surface area contributed by atoms with Gasteiger partial charge in [0.25, 0.3) is 5.91 Å². The van der Waals surface area contributed by atoms with Gasteiger partial charge in [-0.1, -0.05) is 18.2 Å². The van der Waals surface area contributed by atoms with Crippen molar-refractivity contribution >= 4 is 34.2 Å². The largest absolute Gasteiger partial charge is 0.459 e. The highest BCUT2D eigenvalue weighted by atomic mass is 32.1. The fraction of sp³-hybridized carbons (Fsp3) is 0.278. The third kappa shape index (κ3) is 3.88. The number of fused-ring (bicyclic) bond motifs is 1. The Morgan fingerprint density at radius 1 is 1.32 bits per heavy atom. The van der Waals surface area contributed by atoms with Crippen molar-refractivity contribution in [2.75, 3.05) is 6.61 Å². The van der Waals surface area contributed by atoms with Crippen molar-refractivity contribution < 1.29 is 18.7 Å². The number of amides is 1. The van der Waals surface area contributed by atoms with Gasteiger partial charge in [-0.15, -0.1) is 11.3 Å². The van der Waals surface area contributed by atoms with Crippen molar-refractivity contribution in [3.05, 3.63) is 51.7 Å². The van der Waals surface area contributed by atoms with Crippen LogP contribution in [0.3, 0.4) is 0 Å². The molecule has 0 fully saturated rings. The van der Waals surface area contributed by atoms with E-state index in [2.05, 4.69) is 10.3 Å². The second kappa shape index (κ2) is 7.06. The van der Waals surface area contributed by atoms with E-state index in [1.807, 2.05) is 44.2 Å². The molecule has 0 aliphatic rings. The number of aryl methyl sites for hydroxylation is 2. The Bertz CT molecular complexity index is 895. The molecule has 2 aromatic heterocycles. The van der Waals surface area contributed by atoms with Crippen LogP contribution in [0.1, 0.15) is 39.1 Å². The summed E-state index contributed by atoms with van der Waals surface area (Å²) in [6.07, 6.45) is 0. The zero-order valence-corrected chi connectivity index (χ0v) is 15.0. The number of esters is 1. The summed E-state index contributed by atoms with van der Waals surface area (Å²) in [6.45, 7) is 5.02. The molecule has 1 atom stereocenters. The van der Waals surface area contributed by atoms with E-state index in [0.29, 0.717) is 16.3 Å². The van der Waals surface area contributed by atoms with Gasteiger partial charge in [0, 0.05) is 5.39 Å². The maximum atomic E-state index is 12.0. The molecule has 0 spiro atoms. The molecule has 1 aromatic carbocycles. The zero-order chi connectivity index (χ0) is 18.0. The van der Waals surface area contributed by atoms with Gasteiger partial charge in [0.1, 0.15) is 16.2 Å². The standard InChI is InChI=1S/C18H18N2O4S/c1-10(15-8-13-6-4-5-7-14(13)24-15)20-16(21)9-23-18(22)17-11(2)19-12(3)25-17/h4-8,10H,9H2,1-3H3,(H,20,21)/t10-/m0/s1. The third-order valence-electron chi connectivity index (χ3n) is 3.67. The van der Waals surface area contributed by atoms with Gasteiger partial charge in [0.2, 0.25) is 0 Å². The number of ether oxygens (including phenoxy) is 1. The summed E-state index contributed by atoms with van der Waals surface area (Å²) in [4.78, 5) is 28.6. The maximum Gasteiger partial charge on any atom is 0.350 e. The molecule has 130 valence electrons. The van der Waals surface area contributed by atoms with Crippen molar-refractivity contribution in [3.63, 3.8) is 0 Å². The maximum absolute atomic E-state index is 12.0. The Kier molecular flexibility index (Phi) is 4.85. The Balaban J connectivity index is 1.56. The third-order valence-corrected chi connectivity index (χ3v) is 4.73. The molecular weight excluding hydrogens is 340 g/mol. The molecule has 3 aromatic rings. The highest BCUT2D eigenvalue weighted by Crippen LogP contribution is 2.23. The van der Waals surface area contributed by atoms with Crippen LogP contribution in [0.15, 0.2) is 34.7 Å². The number of thiazole rings is 1. The number of nitrogens with one attached hydrogen (secondary N) is 1. The number of hydrogen-bond acceptors (Lipinski definition) is 6. The molecule has 3 rings (SSSR count). The lowest BCUT2D eigenvalue weighted by molar-refractivity contribution is -0.125. The highest BCUT2D eigenvalue weighted by Gasteiger charge is 2.18. The summed E-state index contributed by atoms with van der Waals surface area (Å²) >= 11 is 1.25. The normalized spacial score (nSPS) is 12.1. The summed E-state index contributed by atoms with van der Waals surface area (Å²) in [6, 6.07) is 9.18. The molecule has 0 bridgehead atoms. The van der Waals surface area contributed by atoms with Crippen LogP contribution in [-0.4, -0.2) is 23.5 Å². The second-order valence-corrected chi connectivity index (χ2v) is 6.90. The van der Waals surface area contributed by atoms with E-state index in [4.69, 9.17) is 9.15 Å². The molecule has 0 saturated heterocycles. The molecule has 1 N–H and O–H groups in total. The van der Waals surface area contributed by atoms with Crippen molar-refractivity contribution in [2.45, 2.75) is 26.8 Å². The quantitative estimate of drug-likeness (QED) is 0.706. The minimum Gasteiger partial charge on any atom is -0.459 e. The number of nitrogens with zero attached hydrogens (tertiary/aromatic N) is 1. The molecule has 7 heteroatoms. The molecule has 6 nitrogen and oxygen atoms in total. The van der Waals surface area contributed by atoms with Gasteiger partial charge >= 0.3 is 5.97 Å². The van der Waals surface area contributed by atoms with Crippen LogP contribution in [-0.2, 0) is 9.53 Å². The summed E-state index contributed by atoms with van der Waals surface area (Å²) in [7, 11) is 0. The summed E-state index contributed by atoms with van der Waals surface area (Å²) < 4.78 is 10.8. The number of rotatable bonds is 5. The monoisotopic (exact) mass is 358 g/mol. The average molecular weight is 358 g/mol. The number of benzene rings is 1. The van der Waals surface area contributed by atoms with Crippen molar-refractivity contribution in [1.82, 2.24) is 10.3 Å². The van der Waals surface area contributed by atoms with Crippen molar-refractivity contribution in [3.8, 4) is 0 Å². The molecule has 0 unspecified atom stereocenters. The van der Waals surface area contributed by atoms with Crippen molar-refractivity contribution in [1.29, 1.82) is 0 Å². The molecule has 0 aliphatic heterocycles. The fourth-order valence-electron chi connectivity index (χ4n) is 2.49. The first kappa shape index (κ1) is 17.2. The average Bonchev–Trinajstić information content (AvgIpc) is 3.15. The lowest BCUT2D eigenvalue weighted by Crippen LogP contribution is -2.30. The molecule has 25 heavy (non-hydrogen) atoms. The Morgan fingerprint density at radius 2 is 2.08 bits per heavy atom. The SMILES string of the molecule is Cc1nc(C)c(C(=O)OCC(=O)N[C@@H](C)c2cc3ccccc3o2)s1. The van der Waals surface area contributed by atoms with E-state index in [1.54, 1.807) is 6.92 Å². The minimum atomic E-state index is -0.533. The summed E-state index contributed by atoms with van der Waals surface area (Å²) in [5.74, 6) is -0.273. The first-order valence-corrected chi connectivity index (χ1v) is 8.64. The zero-order valence-electron chi connectivity index (χ0n) is 14.2. The van der Waals surface area contributed by atoms with Gasteiger partial charge in [-0.25, -0.2) is 9.78 Å². The Labute approximate surface area is 148 Å². The lowest BCUT2D eigenvalue weighted by atomic mass is 10.2. The van der Waals surface area contributed by atoms with Crippen LogP contribution < -0.4 is 5.32 Å². The first-order chi connectivity index (χ1) is 11.9. The van der Waals surface area contributed by atoms with Crippen LogP contribution in [0, 0.1) is 13.8 Å². The van der Waals surface area contributed by atoms with Crippen LogP contribution in [0.4, 0.5) is 0 Å². The van der Waals surface area contributed by atoms with Crippen molar-refractivity contribution in [2.24, 2.45) is 0 Å². The second-order valence-electron chi connectivity index (χ2n) is 5.70. The van der Waals surface area contributed by atoms with E-state index in [-0.39, 0.29) is 18.6 Å². The van der Waals surface area contributed by atoms with E-state index in [0.717, 1.165) is 16.0 Å². The van der Waals surface area contributed by atoms with Crippen LogP contribution in [0.25, 0.3) is 11.0 Å². The van der Waals surface area contributed by atoms with E-state index >= 15 is 0 Å². The number of carbonyl (C=O) groups is 2. The molecule has 1 amide bonds. The van der Waals surface area contributed by atoms with Gasteiger partial charge in [-0.05, 0) is 32.9 Å². The van der Waals surface area contributed by atoms with Gasteiger partial charge in [-0.3, -0.25) is 4.79 Å². The number of aromatic nitrogens is 1. The highest BCUT2D eigenvalue weighted by molar-refractivity contribution is 7.13. The van der Waals surface area contributed by atoms with E-state index < -0.39 is 5.97 Å². The molecule has 2 heterocycles. The minimum absolute atomic E-state index is 0.328. The Hall–Kier alpha value is -2.67. The van der Waals surface area contributed by atoms with Crippen LogP contribution in [0.5, 0.6) is 0 Å². The molecule has 0 saturated carbocycles. The lowest BCUT2D eigenvalue weighted by Gasteiger charge is -2.11. The number of para-hydroxylation sites is 1. The molecular formula is C18H18N2O4S. The number of furan rings is 1. The van der Waals surface area contributed by atoms with E-state index in [1.165, 1.54) is 11.3 Å². The van der Waals surface area contributed by atoms with Gasteiger partial charge in [0.15, 0.2) is 6.61 Å². The number of carbonyl (C=O) groups excluding carboxylic acids is 2. The van der Waals surface area contributed by atoms with E-state index in [9.17, 15) is 9.59 Å². The fourth-order valence-corrected chi connectivity index (χ4v) is 3.30. The number of hydrogen-bond donors (Lipinski definition) is 1. The summed E-state index contributed by atoms with van der Waals surface area (Å²) in [5.41, 5.74) is 1.38. The predicted octanol–water partition coefficient (Wildman–Crippen LogP) is 3.54. The summed E-state index contributed by atoms with van der Waals surface area (Å²) in [5, 5.41) is 4.52. The molecule has 0 aliphatic carbocycles. The van der Waals surface area contributed by atoms with Crippen LogP contribution >= 0.6 is 11.3 Å². The van der Waals surface area contributed by atoms with Gasteiger partial charge < -0.3 is 14.5 Å². The van der Waals surface area contributed by atoms with Crippen LogP contribution in [0.2, 0.25) is 0 Å². The van der Waals surface area contributed by atoms with Gasteiger partial charge in [-0.2, -0.15) is 0 Å². The first-order valence-electron chi connectivity index (χ1n) is 7.83. The van der Waals surface area contributed by atoms with Gasteiger partial charge in [0.05, 0.1) is 16.7 Å². The predicted molar refractivity (Wildman–Crippen MR) is 94.6 cm³/mol. The molecule has 0 radical (unpaired) electrons. The smallest absolute Gasteiger partial charge is 0.350 e.